The Morgan fingerprint density at radius 1 is 1.25 bits per heavy atom. The molecule has 0 saturated carbocycles. The van der Waals surface area contributed by atoms with Crippen LogP contribution in [0.3, 0.4) is 0 Å². The zero-order valence-electron chi connectivity index (χ0n) is 9.04. The van der Waals surface area contributed by atoms with E-state index in [9.17, 15) is 4.39 Å². The van der Waals surface area contributed by atoms with Crippen LogP contribution in [0.25, 0.3) is 0 Å². The minimum absolute atomic E-state index is 0.204. The predicted molar refractivity (Wildman–Crippen MR) is 62.8 cm³/mol. The van der Waals surface area contributed by atoms with Gasteiger partial charge in [0.15, 0.2) is 0 Å². The summed E-state index contributed by atoms with van der Waals surface area (Å²) in [5.74, 6) is -0.204. The highest BCUT2D eigenvalue weighted by Crippen LogP contribution is 2.12. The molecule has 0 aliphatic heterocycles. The molecule has 0 spiro atoms. The number of benzene rings is 1. The Balaban J connectivity index is 1.92. The smallest absolute Gasteiger partial charge is 0.123 e. The van der Waals surface area contributed by atoms with Gasteiger partial charge in [-0.25, -0.2) is 4.39 Å². The zero-order chi connectivity index (χ0) is 11.4. The second-order valence-corrected chi connectivity index (χ2v) is 3.90. The lowest BCUT2D eigenvalue weighted by atomic mass is 10.1. The lowest BCUT2D eigenvalue weighted by Crippen LogP contribution is -2.15. The largest absolute Gasteiger partial charge is 0.402 e. The number of rotatable bonds is 3. The first-order valence-electron chi connectivity index (χ1n) is 5.38. The first kappa shape index (κ1) is 10.7. The highest BCUT2D eigenvalue weighted by Gasteiger charge is 2.01. The summed E-state index contributed by atoms with van der Waals surface area (Å²) in [7, 11) is 0. The third-order valence-corrected chi connectivity index (χ3v) is 2.55. The van der Waals surface area contributed by atoms with Gasteiger partial charge in [0.1, 0.15) is 5.82 Å². The van der Waals surface area contributed by atoms with Crippen LogP contribution in [0.1, 0.15) is 18.4 Å². The van der Waals surface area contributed by atoms with Gasteiger partial charge in [-0.1, -0.05) is 18.2 Å². The van der Waals surface area contributed by atoms with Crippen LogP contribution in [0.4, 0.5) is 4.39 Å². The van der Waals surface area contributed by atoms with Gasteiger partial charge in [-0.15, -0.1) is 0 Å². The number of hydrogen-bond acceptors (Lipinski definition) is 2. The van der Waals surface area contributed by atoms with Crippen molar-refractivity contribution in [2.75, 3.05) is 0 Å². The Hall–Kier alpha value is -1.77. The van der Waals surface area contributed by atoms with E-state index in [1.165, 1.54) is 12.1 Å². The molecule has 3 heteroatoms. The van der Waals surface area contributed by atoms with Crippen molar-refractivity contribution in [3.05, 3.63) is 59.2 Å². The standard InChI is InChI=1S/C13H15FN2/c14-11-6-4-10(5-7-11)9-16-13-3-1-2-12(15)8-13/h3-8,16H,1-2,9,15H2. The van der Waals surface area contributed by atoms with Crippen molar-refractivity contribution in [2.45, 2.75) is 19.4 Å². The topological polar surface area (TPSA) is 38.0 Å². The molecule has 1 aliphatic carbocycles. The number of nitrogens with two attached hydrogens (primary N) is 1. The minimum atomic E-state index is -0.204. The summed E-state index contributed by atoms with van der Waals surface area (Å²) < 4.78 is 12.7. The van der Waals surface area contributed by atoms with Crippen molar-refractivity contribution in [1.29, 1.82) is 0 Å². The molecule has 0 fully saturated rings. The second-order valence-electron chi connectivity index (χ2n) is 3.90. The van der Waals surface area contributed by atoms with E-state index in [0.29, 0.717) is 6.54 Å². The fraction of sp³-hybridized carbons (Fsp3) is 0.231. The molecule has 0 atom stereocenters. The summed E-state index contributed by atoms with van der Waals surface area (Å²) in [6.45, 7) is 0.690. The Morgan fingerprint density at radius 2 is 2.00 bits per heavy atom. The molecule has 16 heavy (non-hydrogen) atoms. The molecule has 0 bridgehead atoms. The van der Waals surface area contributed by atoms with Crippen LogP contribution in [0.15, 0.2) is 47.8 Å². The van der Waals surface area contributed by atoms with E-state index < -0.39 is 0 Å². The van der Waals surface area contributed by atoms with Gasteiger partial charge in [0.2, 0.25) is 0 Å². The normalized spacial score (nSPS) is 15.3. The summed E-state index contributed by atoms with van der Waals surface area (Å²) >= 11 is 0. The van der Waals surface area contributed by atoms with Crippen molar-refractivity contribution in [3.8, 4) is 0 Å². The number of nitrogens with one attached hydrogen (secondary N) is 1. The molecule has 0 aromatic heterocycles. The molecule has 3 N–H and O–H groups in total. The van der Waals surface area contributed by atoms with Gasteiger partial charge >= 0.3 is 0 Å². The maximum atomic E-state index is 12.7. The highest BCUT2D eigenvalue weighted by atomic mass is 19.1. The van der Waals surface area contributed by atoms with Gasteiger partial charge < -0.3 is 11.1 Å². The average molecular weight is 218 g/mol. The van der Waals surface area contributed by atoms with Crippen LogP contribution < -0.4 is 11.1 Å². The molecule has 2 rings (SSSR count). The van der Waals surface area contributed by atoms with Crippen molar-refractivity contribution < 1.29 is 4.39 Å². The van der Waals surface area contributed by atoms with Gasteiger partial charge in [-0.3, -0.25) is 0 Å². The SMILES string of the molecule is NC1=CC(NCc2ccc(F)cc2)=CCC1. The third-order valence-electron chi connectivity index (χ3n) is 2.55. The Bertz CT molecular complexity index is 418. The predicted octanol–water partition coefficient (Wildman–Crippen LogP) is 2.44. The third kappa shape index (κ3) is 2.86. The van der Waals surface area contributed by atoms with Crippen LogP contribution in [0.5, 0.6) is 0 Å². The molecule has 1 aromatic carbocycles. The fourth-order valence-corrected chi connectivity index (χ4v) is 1.65. The average Bonchev–Trinajstić information content (AvgIpc) is 2.28. The Kier molecular flexibility index (Phi) is 3.25. The van der Waals surface area contributed by atoms with Crippen molar-refractivity contribution in [1.82, 2.24) is 5.32 Å². The fourth-order valence-electron chi connectivity index (χ4n) is 1.65. The van der Waals surface area contributed by atoms with E-state index in [0.717, 1.165) is 29.8 Å². The van der Waals surface area contributed by atoms with Crippen molar-refractivity contribution in [3.63, 3.8) is 0 Å². The zero-order valence-corrected chi connectivity index (χ0v) is 9.04. The first-order chi connectivity index (χ1) is 7.74. The van der Waals surface area contributed by atoms with Gasteiger partial charge in [0.25, 0.3) is 0 Å². The summed E-state index contributed by atoms with van der Waals surface area (Å²) in [5.41, 5.74) is 8.76. The molecule has 84 valence electrons. The molecule has 0 saturated heterocycles. The second kappa shape index (κ2) is 4.84. The van der Waals surface area contributed by atoms with Gasteiger partial charge in [-0.05, 0) is 36.6 Å². The minimum Gasteiger partial charge on any atom is -0.402 e. The summed E-state index contributed by atoms with van der Waals surface area (Å²) in [4.78, 5) is 0. The first-order valence-corrected chi connectivity index (χ1v) is 5.38. The molecule has 0 amide bonds. The molecule has 0 heterocycles. The maximum Gasteiger partial charge on any atom is 0.123 e. The molecular formula is C13H15FN2. The van der Waals surface area contributed by atoms with E-state index >= 15 is 0 Å². The van der Waals surface area contributed by atoms with E-state index in [-0.39, 0.29) is 5.82 Å². The lowest BCUT2D eigenvalue weighted by Gasteiger charge is -2.12. The Morgan fingerprint density at radius 3 is 2.69 bits per heavy atom. The van der Waals surface area contributed by atoms with Gasteiger partial charge in [0.05, 0.1) is 0 Å². The number of allylic oxidation sites excluding steroid dienone is 3. The summed E-state index contributed by atoms with van der Waals surface area (Å²) in [6.07, 6.45) is 5.99. The maximum absolute atomic E-state index is 12.7. The number of halogens is 1. The summed E-state index contributed by atoms with van der Waals surface area (Å²) in [6, 6.07) is 6.49. The molecule has 1 aromatic rings. The van der Waals surface area contributed by atoms with E-state index in [4.69, 9.17) is 5.73 Å². The molecule has 0 unspecified atom stereocenters. The molecule has 1 aliphatic rings. The molecular weight excluding hydrogens is 203 g/mol. The number of hydrogen-bond donors (Lipinski definition) is 2. The van der Waals surface area contributed by atoms with Gasteiger partial charge in [0, 0.05) is 17.9 Å². The van der Waals surface area contributed by atoms with Crippen LogP contribution >= 0.6 is 0 Å². The van der Waals surface area contributed by atoms with Crippen LogP contribution in [-0.4, -0.2) is 0 Å². The summed E-state index contributed by atoms with van der Waals surface area (Å²) in [5, 5.41) is 3.27. The molecule has 2 nitrogen and oxygen atoms in total. The van der Waals surface area contributed by atoms with E-state index in [2.05, 4.69) is 11.4 Å². The lowest BCUT2D eigenvalue weighted by molar-refractivity contribution is 0.626. The van der Waals surface area contributed by atoms with Crippen molar-refractivity contribution in [2.24, 2.45) is 5.73 Å². The van der Waals surface area contributed by atoms with Crippen LogP contribution in [0.2, 0.25) is 0 Å². The Labute approximate surface area is 94.7 Å². The monoisotopic (exact) mass is 218 g/mol. The van der Waals surface area contributed by atoms with Crippen molar-refractivity contribution >= 4 is 0 Å². The van der Waals surface area contributed by atoms with Crippen LogP contribution in [-0.2, 0) is 6.54 Å². The van der Waals surface area contributed by atoms with E-state index in [1.807, 2.05) is 6.08 Å². The molecule has 0 radical (unpaired) electrons. The van der Waals surface area contributed by atoms with Gasteiger partial charge in [-0.2, -0.15) is 0 Å². The van der Waals surface area contributed by atoms with E-state index in [1.54, 1.807) is 12.1 Å². The van der Waals surface area contributed by atoms with Crippen LogP contribution in [0, 0.1) is 5.82 Å². The highest BCUT2D eigenvalue weighted by molar-refractivity contribution is 5.26. The quantitative estimate of drug-likeness (QED) is 0.817.